The van der Waals surface area contributed by atoms with E-state index in [0.29, 0.717) is 44.2 Å². The van der Waals surface area contributed by atoms with Crippen LogP contribution in [0, 0.1) is 0 Å². The van der Waals surface area contributed by atoms with Gasteiger partial charge in [-0.3, -0.25) is 4.79 Å². The zero-order chi connectivity index (χ0) is 17.2. The largest absolute Gasteiger partial charge is 0.490 e. The van der Waals surface area contributed by atoms with Crippen molar-refractivity contribution in [3.63, 3.8) is 0 Å². The molecule has 0 N–H and O–H groups in total. The molecule has 0 spiro atoms. The first-order valence-corrected chi connectivity index (χ1v) is 8.31. The number of hydrogen-bond donors (Lipinski definition) is 0. The predicted octanol–water partition coefficient (Wildman–Crippen LogP) is 4.16. The molecule has 2 rings (SSSR count). The van der Waals surface area contributed by atoms with E-state index in [-0.39, 0.29) is 5.97 Å². The Balaban J connectivity index is 2.01. The lowest BCUT2D eigenvalue weighted by Gasteiger charge is -2.13. The quantitative estimate of drug-likeness (QED) is 0.648. The zero-order valence-electron chi connectivity index (χ0n) is 14.3. The van der Waals surface area contributed by atoms with Gasteiger partial charge in [-0.05, 0) is 43.5 Å². The number of ether oxygens (including phenoxy) is 3. The minimum absolute atomic E-state index is 0.181. The van der Waals surface area contributed by atoms with E-state index in [2.05, 4.69) is 0 Å². The van der Waals surface area contributed by atoms with Crippen LogP contribution in [0.2, 0.25) is 0 Å². The lowest BCUT2D eigenvalue weighted by atomic mass is 10.1. The van der Waals surface area contributed by atoms with Gasteiger partial charge in [0.1, 0.15) is 6.61 Å². The third-order valence-electron chi connectivity index (χ3n) is 3.47. The highest BCUT2D eigenvalue weighted by molar-refractivity contribution is 5.69. The highest BCUT2D eigenvalue weighted by Gasteiger charge is 2.09. The fourth-order valence-electron chi connectivity index (χ4n) is 2.31. The van der Waals surface area contributed by atoms with Crippen LogP contribution in [0.1, 0.15) is 31.4 Å². The maximum absolute atomic E-state index is 11.5. The summed E-state index contributed by atoms with van der Waals surface area (Å²) in [7, 11) is 0. The standard InChI is InChI=1S/C20H24O4/c1-3-22-19-14-16(11-13-20(21)23-4-2)10-12-18(19)24-15-17-8-6-5-7-9-17/h5-10,12,14H,3-4,11,13,15H2,1-2H3. The van der Waals surface area contributed by atoms with Crippen molar-refractivity contribution in [2.45, 2.75) is 33.3 Å². The normalized spacial score (nSPS) is 10.2. The summed E-state index contributed by atoms with van der Waals surface area (Å²) >= 11 is 0. The second kappa shape index (κ2) is 9.60. The number of carbonyl (C=O) groups excluding carboxylic acids is 1. The Hall–Kier alpha value is -2.49. The second-order valence-corrected chi connectivity index (χ2v) is 5.29. The molecular formula is C20H24O4. The molecule has 0 saturated carbocycles. The summed E-state index contributed by atoms with van der Waals surface area (Å²) in [6, 6.07) is 15.8. The van der Waals surface area contributed by atoms with Crippen molar-refractivity contribution in [1.29, 1.82) is 0 Å². The summed E-state index contributed by atoms with van der Waals surface area (Å²) < 4.78 is 16.5. The molecular weight excluding hydrogens is 304 g/mol. The SMILES string of the molecule is CCOC(=O)CCc1ccc(OCc2ccccc2)c(OCC)c1. The van der Waals surface area contributed by atoms with Crippen molar-refractivity contribution in [2.75, 3.05) is 13.2 Å². The molecule has 0 aliphatic heterocycles. The van der Waals surface area contributed by atoms with Crippen LogP contribution in [0.25, 0.3) is 0 Å². The van der Waals surface area contributed by atoms with E-state index in [1.54, 1.807) is 0 Å². The average Bonchev–Trinajstić information content (AvgIpc) is 2.60. The molecule has 0 bridgehead atoms. The lowest BCUT2D eigenvalue weighted by molar-refractivity contribution is -0.143. The first kappa shape index (κ1) is 17.9. The van der Waals surface area contributed by atoms with Crippen molar-refractivity contribution >= 4 is 5.97 Å². The number of benzene rings is 2. The highest BCUT2D eigenvalue weighted by Crippen LogP contribution is 2.29. The summed E-state index contributed by atoms with van der Waals surface area (Å²) in [5.41, 5.74) is 2.13. The molecule has 0 aliphatic carbocycles. The van der Waals surface area contributed by atoms with Gasteiger partial charge in [-0.2, -0.15) is 0 Å². The molecule has 128 valence electrons. The van der Waals surface area contributed by atoms with E-state index in [1.807, 2.05) is 62.4 Å². The van der Waals surface area contributed by atoms with E-state index in [1.165, 1.54) is 0 Å². The van der Waals surface area contributed by atoms with Crippen molar-refractivity contribution in [3.8, 4) is 11.5 Å². The molecule has 2 aromatic rings. The fraction of sp³-hybridized carbons (Fsp3) is 0.350. The lowest BCUT2D eigenvalue weighted by Crippen LogP contribution is -2.05. The predicted molar refractivity (Wildman–Crippen MR) is 93.3 cm³/mol. The molecule has 0 aliphatic rings. The van der Waals surface area contributed by atoms with Crippen LogP contribution in [-0.2, 0) is 22.6 Å². The van der Waals surface area contributed by atoms with Gasteiger partial charge in [-0.1, -0.05) is 36.4 Å². The van der Waals surface area contributed by atoms with Crippen molar-refractivity contribution in [3.05, 3.63) is 59.7 Å². The molecule has 0 radical (unpaired) electrons. The minimum Gasteiger partial charge on any atom is -0.490 e. The molecule has 0 aromatic heterocycles. The third-order valence-corrected chi connectivity index (χ3v) is 3.47. The average molecular weight is 328 g/mol. The van der Waals surface area contributed by atoms with Gasteiger partial charge >= 0.3 is 5.97 Å². The Morgan fingerprint density at radius 1 is 0.875 bits per heavy atom. The summed E-state index contributed by atoms with van der Waals surface area (Å²) in [5.74, 6) is 1.23. The Morgan fingerprint density at radius 3 is 2.38 bits per heavy atom. The summed E-state index contributed by atoms with van der Waals surface area (Å²) in [5, 5.41) is 0. The number of rotatable bonds is 9. The number of aryl methyl sites for hydroxylation is 1. The van der Waals surface area contributed by atoms with E-state index >= 15 is 0 Å². The first-order valence-electron chi connectivity index (χ1n) is 8.31. The number of carbonyl (C=O) groups is 1. The summed E-state index contributed by atoms with van der Waals surface area (Å²) in [6.07, 6.45) is 0.988. The molecule has 2 aromatic carbocycles. The first-order chi connectivity index (χ1) is 11.7. The van der Waals surface area contributed by atoms with Gasteiger partial charge in [-0.25, -0.2) is 0 Å². The van der Waals surface area contributed by atoms with Crippen LogP contribution < -0.4 is 9.47 Å². The van der Waals surface area contributed by atoms with Crippen LogP contribution in [0.4, 0.5) is 0 Å². The van der Waals surface area contributed by atoms with Gasteiger partial charge in [-0.15, -0.1) is 0 Å². The molecule has 4 nitrogen and oxygen atoms in total. The smallest absolute Gasteiger partial charge is 0.306 e. The zero-order valence-corrected chi connectivity index (χ0v) is 14.3. The van der Waals surface area contributed by atoms with Crippen LogP contribution in [0.3, 0.4) is 0 Å². The van der Waals surface area contributed by atoms with Crippen molar-refractivity contribution in [2.24, 2.45) is 0 Å². The van der Waals surface area contributed by atoms with Gasteiger partial charge in [0.15, 0.2) is 11.5 Å². The maximum atomic E-state index is 11.5. The van der Waals surface area contributed by atoms with Crippen LogP contribution >= 0.6 is 0 Å². The van der Waals surface area contributed by atoms with Crippen LogP contribution in [-0.4, -0.2) is 19.2 Å². The minimum atomic E-state index is -0.181. The van der Waals surface area contributed by atoms with E-state index in [9.17, 15) is 4.79 Å². The van der Waals surface area contributed by atoms with E-state index in [0.717, 1.165) is 11.1 Å². The molecule has 0 fully saturated rings. The van der Waals surface area contributed by atoms with E-state index in [4.69, 9.17) is 14.2 Å². The van der Waals surface area contributed by atoms with Crippen LogP contribution in [0.5, 0.6) is 11.5 Å². The Bertz CT molecular complexity index is 637. The molecule has 0 unspecified atom stereocenters. The fourth-order valence-corrected chi connectivity index (χ4v) is 2.31. The molecule has 24 heavy (non-hydrogen) atoms. The topological polar surface area (TPSA) is 44.8 Å². The van der Waals surface area contributed by atoms with Gasteiger partial charge in [0.05, 0.1) is 13.2 Å². The molecule has 0 saturated heterocycles. The van der Waals surface area contributed by atoms with Gasteiger partial charge in [0.25, 0.3) is 0 Å². The molecule has 0 atom stereocenters. The Morgan fingerprint density at radius 2 is 1.67 bits per heavy atom. The third kappa shape index (κ3) is 5.61. The highest BCUT2D eigenvalue weighted by atomic mass is 16.5. The molecule has 0 amide bonds. The monoisotopic (exact) mass is 328 g/mol. The second-order valence-electron chi connectivity index (χ2n) is 5.29. The molecule has 0 heterocycles. The molecule has 4 heteroatoms. The van der Waals surface area contributed by atoms with Gasteiger partial charge < -0.3 is 14.2 Å². The maximum Gasteiger partial charge on any atom is 0.306 e. The van der Waals surface area contributed by atoms with Gasteiger partial charge in [0, 0.05) is 6.42 Å². The Kier molecular flexibility index (Phi) is 7.15. The van der Waals surface area contributed by atoms with E-state index < -0.39 is 0 Å². The summed E-state index contributed by atoms with van der Waals surface area (Å²) in [4.78, 5) is 11.5. The van der Waals surface area contributed by atoms with Crippen LogP contribution in [0.15, 0.2) is 48.5 Å². The number of hydrogen-bond acceptors (Lipinski definition) is 4. The Labute approximate surface area is 143 Å². The number of esters is 1. The van der Waals surface area contributed by atoms with Crippen molar-refractivity contribution in [1.82, 2.24) is 0 Å². The summed E-state index contributed by atoms with van der Waals surface area (Å²) in [6.45, 7) is 5.21. The van der Waals surface area contributed by atoms with Crippen molar-refractivity contribution < 1.29 is 19.0 Å². The van der Waals surface area contributed by atoms with Gasteiger partial charge in [0.2, 0.25) is 0 Å².